The number of aromatic amines is 1. The van der Waals surface area contributed by atoms with Crippen molar-refractivity contribution in [3.63, 3.8) is 0 Å². The van der Waals surface area contributed by atoms with Crippen molar-refractivity contribution in [1.82, 2.24) is 15.2 Å². The Kier molecular flexibility index (Phi) is 11.4. The lowest BCUT2D eigenvalue weighted by Crippen LogP contribution is -2.17. The average Bonchev–Trinajstić information content (AvgIpc) is 3.42. The molecule has 0 bridgehead atoms. The summed E-state index contributed by atoms with van der Waals surface area (Å²) in [6.45, 7) is 25.6. The van der Waals surface area contributed by atoms with E-state index in [0.717, 1.165) is 28.6 Å². The first-order valence-corrected chi connectivity index (χ1v) is 16.0. The highest BCUT2D eigenvalue weighted by Gasteiger charge is 2.33. The fourth-order valence-electron chi connectivity index (χ4n) is 4.79. The summed E-state index contributed by atoms with van der Waals surface area (Å²) in [6.07, 6.45) is 1.08. The van der Waals surface area contributed by atoms with E-state index >= 15 is 0 Å². The van der Waals surface area contributed by atoms with Crippen LogP contribution < -0.4 is 0 Å². The minimum absolute atomic E-state index is 0.117. The molecule has 0 saturated carbocycles. The summed E-state index contributed by atoms with van der Waals surface area (Å²) >= 11 is 0. The number of rotatable bonds is 9. The van der Waals surface area contributed by atoms with E-state index in [4.69, 9.17) is 0 Å². The van der Waals surface area contributed by atoms with Gasteiger partial charge in [0.2, 0.25) is 16.2 Å². The largest absolute Gasteiger partial charge is 0.453 e. The van der Waals surface area contributed by atoms with Gasteiger partial charge in [-0.1, -0.05) is 117 Å². The van der Waals surface area contributed by atoms with Crippen LogP contribution in [0.15, 0.2) is 40.4 Å². The lowest BCUT2D eigenvalue weighted by Gasteiger charge is -2.27. The topological polar surface area (TPSA) is 119 Å². The van der Waals surface area contributed by atoms with Crippen LogP contribution in [-0.2, 0) is 9.84 Å². The van der Waals surface area contributed by atoms with E-state index < -0.39 is 14.8 Å². The van der Waals surface area contributed by atoms with Gasteiger partial charge in [0.05, 0.1) is 9.79 Å². The highest BCUT2D eigenvalue weighted by molar-refractivity contribution is 7.91. The molecule has 0 amide bonds. The molecule has 0 aliphatic carbocycles. The second-order valence-electron chi connectivity index (χ2n) is 12.6. The van der Waals surface area contributed by atoms with Crippen LogP contribution >= 0.6 is 0 Å². The van der Waals surface area contributed by atoms with Crippen LogP contribution in [0.2, 0.25) is 0 Å². The predicted octanol–water partition coefficient (Wildman–Crippen LogP) is 8.97. The van der Waals surface area contributed by atoms with Crippen molar-refractivity contribution in [2.75, 3.05) is 0 Å². The monoisotopic (exact) mass is 584 g/mol. The lowest BCUT2D eigenvalue weighted by molar-refractivity contribution is -0.394. The molecule has 9 heteroatoms. The van der Waals surface area contributed by atoms with Crippen molar-refractivity contribution in [3.8, 4) is 0 Å². The SMILES string of the molecule is CC(C)c1cc(C(C)C)c(S(=O)(=O)c2c(C(C)C)cc(C(C)C)cc2C(C)C)c(C(C)C)c1.O=[N+]([O-])c1ncn[nH]1. The Bertz CT molecular complexity index is 1300. The molecule has 0 unspecified atom stereocenters. The second kappa shape index (κ2) is 13.7. The fraction of sp³-hybridized carbons (Fsp3) is 0.562. The lowest BCUT2D eigenvalue weighted by atomic mass is 9.89. The van der Waals surface area contributed by atoms with Crippen molar-refractivity contribution in [2.24, 2.45) is 0 Å². The molecule has 0 atom stereocenters. The molecule has 3 aromatic rings. The molecule has 0 spiro atoms. The zero-order valence-electron chi connectivity index (χ0n) is 26.7. The number of sulfone groups is 1. The fourth-order valence-corrected chi connectivity index (χ4v) is 7.41. The first-order valence-electron chi connectivity index (χ1n) is 14.5. The van der Waals surface area contributed by atoms with E-state index in [1.54, 1.807) is 0 Å². The van der Waals surface area contributed by atoms with Gasteiger partial charge in [0.25, 0.3) is 0 Å². The quantitative estimate of drug-likeness (QED) is 0.198. The Balaban J connectivity index is 0.000000629. The number of hydrogen-bond donors (Lipinski definition) is 1. The summed E-state index contributed by atoms with van der Waals surface area (Å²) < 4.78 is 29.4. The number of nitro groups is 1. The van der Waals surface area contributed by atoms with E-state index in [-0.39, 0.29) is 29.6 Å². The van der Waals surface area contributed by atoms with Crippen molar-refractivity contribution in [2.45, 2.75) is 128 Å². The van der Waals surface area contributed by atoms with Gasteiger partial charge in [-0.3, -0.25) is 0 Å². The molecule has 0 saturated heterocycles. The van der Waals surface area contributed by atoms with Gasteiger partial charge in [0.15, 0.2) is 0 Å². The molecule has 41 heavy (non-hydrogen) atoms. The second-order valence-corrected chi connectivity index (χ2v) is 14.4. The third kappa shape index (κ3) is 7.82. The molecule has 3 rings (SSSR count). The summed E-state index contributed by atoms with van der Waals surface area (Å²) in [7, 11) is -3.73. The molecular weight excluding hydrogens is 536 g/mol. The third-order valence-electron chi connectivity index (χ3n) is 7.27. The third-order valence-corrected chi connectivity index (χ3v) is 9.29. The standard InChI is InChI=1S/C30H46O2S.C2H2N4O2/c1-17(2)23-13-25(19(5)6)29(26(14-23)20(7)8)33(31,32)30-27(21(9)10)15-24(18(3)4)16-28(30)22(11)12;7-6(8)2-3-1-4-5-2/h13-22H,1-12H3;1H,(H,3,4,5). The Labute approximate surface area is 246 Å². The summed E-state index contributed by atoms with van der Waals surface area (Å²) in [5.41, 5.74) is 6.21. The van der Waals surface area contributed by atoms with Crippen LogP contribution in [0, 0.1) is 10.1 Å². The molecule has 8 nitrogen and oxygen atoms in total. The van der Waals surface area contributed by atoms with Gasteiger partial charge in [-0.2, -0.15) is 0 Å². The van der Waals surface area contributed by atoms with Crippen LogP contribution in [0.5, 0.6) is 0 Å². The smallest absolute Gasteiger partial charge is 0.390 e. The minimum atomic E-state index is -3.73. The normalized spacial score (nSPS) is 12.1. The van der Waals surface area contributed by atoms with Gasteiger partial charge in [0, 0.05) is 0 Å². The summed E-state index contributed by atoms with van der Waals surface area (Å²) in [6, 6.07) is 8.56. The van der Waals surface area contributed by atoms with E-state index in [0.29, 0.717) is 21.6 Å². The van der Waals surface area contributed by atoms with Crippen molar-refractivity contribution in [1.29, 1.82) is 0 Å². The molecule has 1 N–H and O–H groups in total. The molecular formula is C32H48N4O4S. The number of nitrogens with zero attached hydrogens (tertiary/aromatic N) is 3. The molecule has 2 aromatic carbocycles. The van der Waals surface area contributed by atoms with Gasteiger partial charge in [-0.25, -0.2) is 8.42 Å². The van der Waals surface area contributed by atoms with Crippen molar-refractivity contribution < 1.29 is 13.3 Å². The van der Waals surface area contributed by atoms with Crippen molar-refractivity contribution in [3.05, 3.63) is 74.1 Å². The summed E-state index contributed by atoms with van der Waals surface area (Å²) in [5, 5.41) is 15.1. The van der Waals surface area contributed by atoms with E-state index in [1.165, 1.54) is 11.1 Å². The Morgan fingerprint density at radius 2 is 0.951 bits per heavy atom. The van der Waals surface area contributed by atoms with Crippen LogP contribution in [0.3, 0.4) is 0 Å². The highest BCUT2D eigenvalue weighted by Crippen LogP contribution is 2.43. The predicted molar refractivity (Wildman–Crippen MR) is 166 cm³/mol. The molecule has 1 aromatic heterocycles. The molecule has 1 heterocycles. The first-order chi connectivity index (χ1) is 18.9. The van der Waals surface area contributed by atoms with E-state index in [1.807, 2.05) is 0 Å². The zero-order chi connectivity index (χ0) is 31.4. The first kappa shape index (κ1) is 34.1. The average molecular weight is 585 g/mol. The van der Waals surface area contributed by atoms with Gasteiger partial charge in [0.1, 0.15) is 0 Å². The Hall–Kier alpha value is -3.07. The minimum Gasteiger partial charge on any atom is -0.390 e. The highest BCUT2D eigenvalue weighted by atomic mass is 32.2. The number of H-pyrrole nitrogens is 1. The Morgan fingerprint density at radius 1 is 0.634 bits per heavy atom. The number of aromatic nitrogens is 3. The number of hydrogen-bond acceptors (Lipinski definition) is 6. The van der Waals surface area contributed by atoms with Crippen LogP contribution in [0.25, 0.3) is 0 Å². The maximum atomic E-state index is 14.7. The zero-order valence-corrected chi connectivity index (χ0v) is 27.6. The molecule has 0 aliphatic heterocycles. The summed E-state index contributed by atoms with van der Waals surface area (Å²) in [5.74, 6) is 0.831. The molecule has 0 aliphatic rings. The molecule has 226 valence electrons. The maximum Gasteiger partial charge on any atom is 0.453 e. The van der Waals surface area contributed by atoms with E-state index in [9.17, 15) is 18.5 Å². The van der Waals surface area contributed by atoms with Crippen LogP contribution in [-0.4, -0.2) is 28.5 Å². The molecule has 0 radical (unpaired) electrons. The van der Waals surface area contributed by atoms with Gasteiger partial charge >= 0.3 is 5.95 Å². The molecule has 0 fully saturated rings. The van der Waals surface area contributed by atoms with Crippen molar-refractivity contribution >= 4 is 15.8 Å². The number of nitrogens with one attached hydrogen (secondary N) is 1. The number of benzene rings is 2. The summed E-state index contributed by atoms with van der Waals surface area (Å²) in [4.78, 5) is 13.4. The van der Waals surface area contributed by atoms with Crippen LogP contribution in [0.1, 0.15) is 152 Å². The maximum absolute atomic E-state index is 14.7. The van der Waals surface area contributed by atoms with Gasteiger partial charge < -0.3 is 10.1 Å². The Morgan fingerprint density at radius 3 is 1.12 bits per heavy atom. The van der Waals surface area contributed by atoms with E-state index in [2.05, 4.69) is 123 Å². The van der Waals surface area contributed by atoms with Gasteiger partial charge in [-0.15, -0.1) is 5.10 Å². The van der Waals surface area contributed by atoms with Crippen LogP contribution in [0.4, 0.5) is 5.95 Å². The van der Waals surface area contributed by atoms with Gasteiger partial charge in [-0.05, 0) is 73.8 Å².